The summed E-state index contributed by atoms with van der Waals surface area (Å²) in [6.07, 6.45) is 11.9. The van der Waals surface area contributed by atoms with Crippen molar-refractivity contribution < 1.29 is 4.42 Å². The van der Waals surface area contributed by atoms with Gasteiger partial charge in [0.15, 0.2) is 11.4 Å². The molecule has 0 spiro atoms. The molecule has 116 valence electrons. The molecule has 0 amide bonds. The predicted octanol–water partition coefficient (Wildman–Crippen LogP) is 3.79. The average Bonchev–Trinajstić information content (AvgIpc) is 3.29. The van der Waals surface area contributed by atoms with Gasteiger partial charge in [-0.1, -0.05) is 13.3 Å². The van der Waals surface area contributed by atoms with Gasteiger partial charge in [0.25, 0.3) is 0 Å². The summed E-state index contributed by atoms with van der Waals surface area (Å²) in [5.74, 6) is 0.770. The minimum absolute atomic E-state index is 0.722. The maximum absolute atomic E-state index is 5.56. The molecule has 0 saturated carbocycles. The largest absolute Gasteiger partial charge is 0.463 e. The van der Waals surface area contributed by atoms with Gasteiger partial charge in [0.05, 0.1) is 12.8 Å². The zero-order valence-electron chi connectivity index (χ0n) is 13.0. The molecule has 0 aliphatic rings. The lowest BCUT2D eigenvalue weighted by Crippen LogP contribution is -1.98. The van der Waals surface area contributed by atoms with Crippen molar-refractivity contribution in [2.45, 2.75) is 26.3 Å². The van der Waals surface area contributed by atoms with Crippen LogP contribution in [0.5, 0.6) is 0 Å². The van der Waals surface area contributed by atoms with Crippen molar-refractivity contribution in [1.29, 1.82) is 0 Å². The number of nitrogens with zero attached hydrogens (tertiary/aromatic N) is 4. The molecule has 0 radical (unpaired) electrons. The van der Waals surface area contributed by atoms with Gasteiger partial charge in [-0.3, -0.25) is 0 Å². The molecule has 0 aliphatic carbocycles. The van der Waals surface area contributed by atoms with Crippen molar-refractivity contribution >= 4 is 5.65 Å². The van der Waals surface area contributed by atoms with Gasteiger partial charge in [-0.25, -0.2) is 9.50 Å². The SMILES string of the molecule is CCCc1ccn(Cc2c(-c3ccco3)nn3cccnc23)c1. The van der Waals surface area contributed by atoms with Crippen LogP contribution in [-0.2, 0) is 13.0 Å². The summed E-state index contributed by atoms with van der Waals surface area (Å²) in [7, 11) is 0. The Kier molecular flexibility index (Phi) is 3.46. The molecule has 0 atom stereocenters. The Labute approximate surface area is 134 Å². The maximum atomic E-state index is 5.56. The van der Waals surface area contributed by atoms with E-state index in [0.717, 1.165) is 42.1 Å². The first-order chi connectivity index (χ1) is 11.3. The second-order valence-corrected chi connectivity index (χ2v) is 5.63. The van der Waals surface area contributed by atoms with Crippen LogP contribution in [0.1, 0.15) is 24.5 Å². The molecule has 5 heteroatoms. The van der Waals surface area contributed by atoms with E-state index in [4.69, 9.17) is 4.42 Å². The Hall–Kier alpha value is -2.82. The highest BCUT2D eigenvalue weighted by Crippen LogP contribution is 2.26. The van der Waals surface area contributed by atoms with E-state index in [0.29, 0.717) is 0 Å². The van der Waals surface area contributed by atoms with Crippen molar-refractivity contribution in [3.8, 4) is 11.5 Å². The number of furan rings is 1. The zero-order chi connectivity index (χ0) is 15.6. The maximum Gasteiger partial charge on any atom is 0.160 e. The molecule has 0 aliphatic heterocycles. The van der Waals surface area contributed by atoms with E-state index < -0.39 is 0 Å². The molecule has 0 fully saturated rings. The highest BCUT2D eigenvalue weighted by molar-refractivity contribution is 5.67. The van der Waals surface area contributed by atoms with Crippen LogP contribution in [0.3, 0.4) is 0 Å². The first-order valence-corrected chi connectivity index (χ1v) is 7.86. The smallest absolute Gasteiger partial charge is 0.160 e. The zero-order valence-corrected chi connectivity index (χ0v) is 13.0. The fourth-order valence-corrected chi connectivity index (χ4v) is 2.90. The third kappa shape index (κ3) is 2.54. The molecule has 0 N–H and O–H groups in total. The Balaban J connectivity index is 1.79. The molecule has 4 aromatic heterocycles. The molecule has 0 saturated heterocycles. The van der Waals surface area contributed by atoms with Gasteiger partial charge in [0.1, 0.15) is 5.69 Å². The van der Waals surface area contributed by atoms with Crippen LogP contribution < -0.4 is 0 Å². The Morgan fingerprint density at radius 1 is 1.17 bits per heavy atom. The standard InChI is InChI=1S/C18H18N4O/c1-2-5-14-7-10-21(12-14)13-15-17(16-6-3-11-23-16)20-22-9-4-8-19-18(15)22/h3-4,6-12H,2,5,13H2,1H3. The quantitative estimate of drug-likeness (QED) is 0.563. The Morgan fingerprint density at radius 3 is 2.96 bits per heavy atom. The second kappa shape index (κ2) is 5.76. The van der Waals surface area contributed by atoms with E-state index >= 15 is 0 Å². The van der Waals surface area contributed by atoms with Crippen molar-refractivity contribution in [1.82, 2.24) is 19.2 Å². The van der Waals surface area contributed by atoms with E-state index in [1.54, 1.807) is 12.5 Å². The molecule has 0 aromatic carbocycles. The van der Waals surface area contributed by atoms with Crippen LogP contribution in [-0.4, -0.2) is 19.2 Å². The number of hydrogen-bond donors (Lipinski definition) is 0. The summed E-state index contributed by atoms with van der Waals surface area (Å²) in [4.78, 5) is 4.50. The topological polar surface area (TPSA) is 48.3 Å². The van der Waals surface area contributed by atoms with Crippen LogP contribution in [0.2, 0.25) is 0 Å². The molecular weight excluding hydrogens is 288 g/mol. The summed E-state index contributed by atoms with van der Waals surface area (Å²) >= 11 is 0. The number of aromatic nitrogens is 4. The fourth-order valence-electron chi connectivity index (χ4n) is 2.90. The van der Waals surface area contributed by atoms with Gasteiger partial charge >= 0.3 is 0 Å². The van der Waals surface area contributed by atoms with Crippen LogP contribution in [0.4, 0.5) is 0 Å². The van der Waals surface area contributed by atoms with Crippen molar-refractivity contribution in [2.75, 3.05) is 0 Å². The van der Waals surface area contributed by atoms with Crippen LogP contribution >= 0.6 is 0 Å². The third-order valence-corrected chi connectivity index (χ3v) is 3.94. The minimum atomic E-state index is 0.722. The molecule has 4 aromatic rings. The van der Waals surface area contributed by atoms with Crippen LogP contribution in [0.15, 0.2) is 59.7 Å². The number of hydrogen-bond acceptors (Lipinski definition) is 3. The lowest BCUT2D eigenvalue weighted by molar-refractivity contribution is 0.578. The molecular formula is C18H18N4O. The van der Waals surface area contributed by atoms with Crippen molar-refractivity contribution in [2.24, 2.45) is 0 Å². The third-order valence-electron chi connectivity index (χ3n) is 3.94. The summed E-state index contributed by atoms with van der Waals surface area (Å²) in [5, 5.41) is 4.64. The summed E-state index contributed by atoms with van der Waals surface area (Å²) in [6, 6.07) is 7.87. The Morgan fingerprint density at radius 2 is 2.13 bits per heavy atom. The highest BCUT2D eigenvalue weighted by atomic mass is 16.3. The normalized spacial score (nSPS) is 11.3. The summed E-state index contributed by atoms with van der Waals surface area (Å²) in [6.45, 7) is 2.92. The van der Waals surface area contributed by atoms with Gasteiger partial charge in [0.2, 0.25) is 0 Å². The number of aryl methyl sites for hydroxylation is 1. The number of fused-ring (bicyclic) bond motifs is 1. The van der Waals surface area contributed by atoms with Gasteiger partial charge < -0.3 is 8.98 Å². The monoisotopic (exact) mass is 306 g/mol. The molecule has 0 unspecified atom stereocenters. The van der Waals surface area contributed by atoms with Crippen LogP contribution in [0, 0.1) is 0 Å². The molecule has 0 bridgehead atoms. The van der Waals surface area contributed by atoms with Gasteiger partial charge in [-0.05, 0) is 36.2 Å². The summed E-state index contributed by atoms with van der Waals surface area (Å²) < 4.78 is 9.55. The van der Waals surface area contributed by atoms with Crippen molar-refractivity contribution in [3.63, 3.8) is 0 Å². The summed E-state index contributed by atoms with van der Waals surface area (Å²) in [5.41, 5.74) is 4.14. The van der Waals surface area contributed by atoms with E-state index in [-0.39, 0.29) is 0 Å². The van der Waals surface area contributed by atoms with Gasteiger partial charge in [-0.2, -0.15) is 5.10 Å². The van der Waals surface area contributed by atoms with E-state index in [2.05, 4.69) is 40.0 Å². The average molecular weight is 306 g/mol. The Bertz CT molecular complexity index is 918. The van der Waals surface area contributed by atoms with E-state index in [9.17, 15) is 0 Å². The number of rotatable bonds is 5. The van der Waals surface area contributed by atoms with Crippen LogP contribution in [0.25, 0.3) is 17.1 Å². The van der Waals surface area contributed by atoms with E-state index in [1.165, 1.54) is 5.56 Å². The van der Waals surface area contributed by atoms with Crippen molar-refractivity contribution in [3.05, 3.63) is 66.4 Å². The second-order valence-electron chi connectivity index (χ2n) is 5.63. The first kappa shape index (κ1) is 13.8. The lowest BCUT2D eigenvalue weighted by atomic mass is 10.2. The lowest BCUT2D eigenvalue weighted by Gasteiger charge is -2.03. The highest BCUT2D eigenvalue weighted by Gasteiger charge is 2.17. The molecule has 4 heterocycles. The van der Waals surface area contributed by atoms with Gasteiger partial charge in [-0.15, -0.1) is 0 Å². The van der Waals surface area contributed by atoms with Gasteiger partial charge in [0, 0.05) is 30.4 Å². The molecule has 23 heavy (non-hydrogen) atoms. The molecule has 5 nitrogen and oxygen atoms in total. The minimum Gasteiger partial charge on any atom is -0.463 e. The first-order valence-electron chi connectivity index (χ1n) is 7.86. The fraction of sp³-hybridized carbons (Fsp3) is 0.222. The molecule has 4 rings (SSSR count). The van der Waals surface area contributed by atoms with E-state index in [1.807, 2.05) is 28.9 Å². The predicted molar refractivity (Wildman–Crippen MR) is 88.2 cm³/mol.